The molecule has 0 aliphatic rings. The second-order valence-electron chi connectivity index (χ2n) is 2.38. The largest absolute Gasteiger partial charge is 0.496 e. The molecule has 1 unspecified atom stereocenters. The van der Waals surface area contributed by atoms with Crippen LogP contribution in [-0.2, 0) is 0 Å². The molecule has 0 bridgehead atoms. The van der Waals surface area contributed by atoms with Crippen molar-refractivity contribution in [2.45, 2.75) is 5.38 Å². The average Bonchev–Trinajstić information content (AvgIpc) is 2.16. The fourth-order valence-corrected chi connectivity index (χ4v) is 1.32. The topological polar surface area (TPSA) is 33.0 Å². The lowest BCUT2D eigenvalue weighted by atomic mass is 10.1. The maximum absolute atomic E-state index is 8.62. The zero-order valence-electron chi connectivity index (χ0n) is 6.92. The van der Waals surface area contributed by atoms with E-state index in [4.69, 9.17) is 33.2 Å². The summed E-state index contributed by atoms with van der Waals surface area (Å²) in [6, 6.07) is 6.91. The Morgan fingerprint density at radius 1 is 1.54 bits per heavy atom. The smallest absolute Gasteiger partial charge is 0.149 e. The standard InChI is InChI=1S/C9H7Cl2NO/c1-13-9-3-2-6(10)4-7(9)8(11)5-12/h2-4,8H,1H3. The lowest BCUT2D eigenvalue weighted by Gasteiger charge is -2.08. The van der Waals surface area contributed by atoms with E-state index >= 15 is 0 Å². The number of nitrogens with zero attached hydrogens (tertiary/aromatic N) is 1. The number of methoxy groups -OCH3 is 1. The number of alkyl halides is 1. The Labute approximate surface area is 86.6 Å². The summed E-state index contributed by atoms with van der Waals surface area (Å²) < 4.78 is 5.03. The molecule has 0 spiro atoms. The van der Waals surface area contributed by atoms with Crippen LogP contribution in [0.5, 0.6) is 5.75 Å². The molecule has 0 amide bonds. The Balaban J connectivity index is 3.17. The highest BCUT2D eigenvalue weighted by Gasteiger charge is 2.12. The molecule has 1 rings (SSSR count). The summed E-state index contributed by atoms with van der Waals surface area (Å²) in [4.78, 5) is 0. The van der Waals surface area contributed by atoms with Gasteiger partial charge in [0, 0.05) is 10.6 Å². The minimum absolute atomic E-state index is 0.539. The molecule has 1 aromatic carbocycles. The zero-order valence-corrected chi connectivity index (χ0v) is 8.43. The van der Waals surface area contributed by atoms with E-state index < -0.39 is 5.38 Å². The highest BCUT2D eigenvalue weighted by molar-refractivity contribution is 6.31. The summed E-state index contributed by atoms with van der Waals surface area (Å²) >= 11 is 11.5. The van der Waals surface area contributed by atoms with Crippen LogP contribution in [0.4, 0.5) is 0 Å². The molecule has 0 radical (unpaired) electrons. The maximum Gasteiger partial charge on any atom is 0.149 e. The van der Waals surface area contributed by atoms with Crippen LogP contribution in [0.25, 0.3) is 0 Å². The number of hydrogen-bond acceptors (Lipinski definition) is 2. The van der Waals surface area contributed by atoms with E-state index in [-0.39, 0.29) is 0 Å². The van der Waals surface area contributed by atoms with Crippen molar-refractivity contribution in [1.29, 1.82) is 5.26 Å². The van der Waals surface area contributed by atoms with Crippen molar-refractivity contribution in [3.05, 3.63) is 28.8 Å². The van der Waals surface area contributed by atoms with Gasteiger partial charge < -0.3 is 4.74 Å². The zero-order chi connectivity index (χ0) is 9.84. The van der Waals surface area contributed by atoms with E-state index in [2.05, 4.69) is 0 Å². The normalized spacial score (nSPS) is 11.8. The molecule has 0 aromatic heterocycles. The van der Waals surface area contributed by atoms with Crippen molar-refractivity contribution in [1.82, 2.24) is 0 Å². The Bertz CT molecular complexity index is 346. The van der Waals surface area contributed by atoms with Gasteiger partial charge in [0.2, 0.25) is 0 Å². The van der Waals surface area contributed by atoms with Crippen LogP contribution >= 0.6 is 23.2 Å². The minimum atomic E-state index is -0.728. The summed E-state index contributed by atoms with van der Waals surface area (Å²) in [5.41, 5.74) is 0.596. The molecule has 0 aliphatic heterocycles. The van der Waals surface area contributed by atoms with Crippen LogP contribution < -0.4 is 4.74 Å². The first kappa shape index (κ1) is 10.2. The van der Waals surface area contributed by atoms with Gasteiger partial charge in [0.1, 0.15) is 11.1 Å². The number of ether oxygens (including phenoxy) is 1. The predicted molar refractivity (Wildman–Crippen MR) is 52.2 cm³/mol. The third kappa shape index (κ3) is 2.27. The van der Waals surface area contributed by atoms with E-state index in [9.17, 15) is 0 Å². The summed E-state index contributed by atoms with van der Waals surface area (Å²) in [7, 11) is 1.52. The van der Waals surface area contributed by atoms with Gasteiger partial charge >= 0.3 is 0 Å². The first-order chi connectivity index (χ1) is 6.19. The van der Waals surface area contributed by atoms with Gasteiger partial charge in [-0.15, -0.1) is 11.6 Å². The molecular formula is C9H7Cl2NO. The highest BCUT2D eigenvalue weighted by atomic mass is 35.5. The summed E-state index contributed by atoms with van der Waals surface area (Å²) in [6.07, 6.45) is 0. The van der Waals surface area contributed by atoms with Crippen molar-refractivity contribution in [2.75, 3.05) is 7.11 Å². The van der Waals surface area contributed by atoms with Gasteiger partial charge in [-0.2, -0.15) is 5.26 Å². The van der Waals surface area contributed by atoms with Crippen molar-refractivity contribution >= 4 is 23.2 Å². The van der Waals surface area contributed by atoms with E-state index in [0.717, 1.165) is 0 Å². The number of rotatable bonds is 2. The quantitative estimate of drug-likeness (QED) is 0.711. The highest BCUT2D eigenvalue weighted by Crippen LogP contribution is 2.31. The van der Waals surface area contributed by atoms with Gasteiger partial charge in [0.15, 0.2) is 0 Å². The van der Waals surface area contributed by atoms with Crippen molar-refractivity contribution < 1.29 is 4.74 Å². The van der Waals surface area contributed by atoms with E-state index in [1.165, 1.54) is 7.11 Å². The van der Waals surface area contributed by atoms with Gasteiger partial charge in [-0.3, -0.25) is 0 Å². The monoisotopic (exact) mass is 215 g/mol. The molecule has 0 saturated heterocycles. The average molecular weight is 216 g/mol. The Morgan fingerprint density at radius 2 is 2.23 bits per heavy atom. The molecule has 1 atom stereocenters. The summed E-state index contributed by atoms with van der Waals surface area (Å²) in [5.74, 6) is 0.575. The molecular weight excluding hydrogens is 209 g/mol. The lowest BCUT2D eigenvalue weighted by Crippen LogP contribution is -1.93. The third-order valence-corrected chi connectivity index (χ3v) is 2.15. The molecule has 68 valence electrons. The van der Waals surface area contributed by atoms with Crippen molar-refractivity contribution in [3.8, 4) is 11.8 Å². The van der Waals surface area contributed by atoms with Crippen LogP contribution in [0.1, 0.15) is 10.9 Å². The Kier molecular flexibility index (Phi) is 3.41. The van der Waals surface area contributed by atoms with Gasteiger partial charge in [0.25, 0.3) is 0 Å². The number of hydrogen-bond donors (Lipinski definition) is 0. The van der Waals surface area contributed by atoms with E-state index in [1.54, 1.807) is 18.2 Å². The maximum atomic E-state index is 8.62. The fraction of sp³-hybridized carbons (Fsp3) is 0.222. The molecule has 0 N–H and O–H groups in total. The van der Waals surface area contributed by atoms with Crippen LogP contribution in [0.15, 0.2) is 18.2 Å². The first-order valence-electron chi connectivity index (χ1n) is 3.56. The Hall–Kier alpha value is -0.910. The minimum Gasteiger partial charge on any atom is -0.496 e. The molecule has 0 aliphatic carbocycles. The molecule has 13 heavy (non-hydrogen) atoms. The first-order valence-corrected chi connectivity index (χ1v) is 4.37. The fourth-order valence-electron chi connectivity index (χ4n) is 0.973. The van der Waals surface area contributed by atoms with Crippen LogP contribution in [0, 0.1) is 11.3 Å². The predicted octanol–water partition coefficient (Wildman–Crippen LogP) is 3.15. The second kappa shape index (κ2) is 4.36. The molecule has 0 saturated carbocycles. The van der Waals surface area contributed by atoms with Gasteiger partial charge in [-0.1, -0.05) is 11.6 Å². The molecule has 1 aromatic rings. The van der Waals surface area contributed by atoms with Crippen LogP contribution in [0.2, 0.25) is 5.02 Å². The molecule has 4 heteroatoms. The van der Waals surface area contributed by atoms with Crippen molar-refractivity contribution in [3.63, 3.8) is 0 Å². The molecule has 0 heterocycles. The van der Waals surface area contributed by atoms with Gasteiger partial charge in [0.05, 0.1) is 13.2 Å². The second-order valence-corrected chi connectivity index (χ2v) is 3.25. The van der Waals surface area contributed by atoms with Crippen molar-refractivity contribution in [2.24, 2.45) is 0 Å². The third-order valence-electron chi connectivity index (χ3n) is 1.58. The Morgan fingerprint density at radius 3 is 2.77 bits per heavy atom. The number of halogens is 2. The van der Waals surface area contributed by atoms with Crippen LogP contribution in [0.3, 0.4) is 0 Å². The number of nitriles is 1. The lowest BCUT2D eigenvalue weighted by molar-refractivity contribution is 0.410. The van der Waals surface area contributed by atoms with Crippen LogP contribution in [-0.4, -0.2) is 7.11 Å². The summed E-state index contributed by atoms with van der Waals surface area (Å²) in [6.45, 7) is 0. The molecule has 0 fully saturated rings. The van der Waals surface area contributed by atoms with E-state index in [0.29, 0.717) is 16.3 Å². The van der Waals surface area contributed by atoms with Gasteiger partial charge in [-0.05, 0) is 18.2 Å². The molecule has 2 nitrogen and oxygen atoms in total. The summed E-state index contributed by atoms with van der Waals surface area (Å²) in [5, 5.41) is 8.43. The van der Waals surface area contributed by atoms with Gasteiger partial charge in [-0.25, -0.2) is 0 Å². The SMILES string of the molecule is COc1ccc(Cl)cc1C(Cl)C#N. The van der Waals surface area contributed by atoms with E-state index in [1.807, 2.05) is 6.07 Å². The number of benzene rings is 1.